The van der Waals surface area contributed by atoms with Gasteiger partial charge in [-0.15, -0.1) is 0 Å². The van der Waals surface area contributed by atoms with Crippen LogP contribution in [-0.4, -0.2) is 74.4 Å². The Morgan fingerprint density at radius 3 is 2.37 bits per heavy atom. The first-order chi connectivity index (χ1) is 16.5. The van der Waals surface area contributed by atoms with Gasteiger partial charge in [0.05, 0.1) is 28.0 Å². The molecule has 3 heterocycles. The summed E-state index contributed by atoms with van der Waals surface area (Å²) >= 11 is 0.958. The first kappa shape index (κ1) is 25.7. The van der Waals surface area contributed by atoms with E-state index in [0.717, 1.165) is 24.2 Å². The molecular formula is C22H27N5O5S3. The number of amides is 1. The Morgan fingerprint density at radius 1 is 1.17 bits per heavy atom. The summed E-state index contributed by atoms with van der Waals surface area (Å²) in [5.41, 5.74) is 0.773. The number of piperazine rings is 1. The molecule has 0 radical (unpaired) electrons. The van der Waals surface area contributed by atoms with Crippen molar-refractivity contribution >= 4 is 42.2 Å². The molecule has 10 nitrogen and oxygen atoms in total. The van der Waals surface area contributed by atoms with Gasteiger partial charge in [0.2, 0.25) is 5.91 Å². The third-order valence-electron chi connectivity index (χ3n) is 6.38. The Morgan fingerprint density at radius 2 is 1.80 bits per heavy atom. The highest BCUT2D eigenvalue weighted by Gasteiger charge is 2.44. The fourth-order valence-corrected chi connectivity index (χ4v) is 9.15. The van der Waals surface area contributed by atoms with Crippen LogP contribution in [0.5, 0.6) is 0 Å². The van der Waals surface area contributed by atoms with Gasteiger partial charge in [0.15, 0.2) is 19.2 Å². The van der Waals surface area contributed by atoms with Gasteiger partial charge < -0.3 is 5.32 Å². The molecular weight excluding hydrogens is 510 g/mol. The largest absolute Gasteiger partial charge is 0.302 e. The zero-order valence-corrected chi connectivity index (χ0v) is 21.9. The van der Waals surface area contributed by atoms with Crippen LogP contribution in [0.3, 0.4) is 0 Å². The molecule has 2 aromatic rings. The van der Waals surface area contributed by atoms with Crippen molar-refractivity contribution in [1.29, 1.82) is 5.26 Å². The molecule has 0 saturated carbocycles. The highest BCUT2D eigenvalue weighted by Crippen LogP contribution is 2.36. The summed E-state index contributed by atoms with van der Waals surface area (Å²) in [6.45, 7) is 4.22. The maximum absolute atomic E-state index is 13.3. The zero-order valence-electron chi connectivity index (χ0n) is 19.5. The Balaban J connectivity index is 1.39. The molecule has 2 atom stereocenters. The van der Waals surface area contributed by atoms with Crippen LogP contribution in [0.1, 0.15) is 37.4 Å². The summed E-state index contributed by atoms with van der Waals surface area (Å²) in [5.74, 6) is -0.321. The predicted octanol–water partition coefficient (Wildman–Crippen LogP) is 1.98. The molecule has 4 rings (SSSR count). The number of nitrogens with zero attached hydrogens (tertiary/aromatic N) is 4. The molecule has 2 aliphatic heterocycles. The summed E-state index contributed by atoms with van der Waals surface area (Å²) in [5, 5.41) is 11.7. The molecule has 2 bridgehead atoms. The van der Waals surface area contributed by atoms with E-state index in [-0.39, 0.29) is 38.0 Å². The molecule has 0 spiro atoms. The molecule has 188 valence electrons. The molecule has 2 unspecified atom stereocenters. The number of hydrogen-bond donors (Lipinski definition) is 1. The fourth-order valence-electron chi connectivity index (χ4n) is 4.75. The number of fused-ring (bicyclic) bond motifs is 2. The van der Waals surface area contributed by atoms with Gasteiger partial charge in [-0.3, -0.25) is 9.69 Å². The van der Waals surface area contributed by atoms with Crippen LogP contribution in [0.4, 0.5) is 5.13 Å². The lowest BCUT2D eigenvalue weighted by Gasteiger charge is -2.40. The number of rotatable bonds is 8. The van der Waals surface area contributed by atoms with E-state index < -0.39 is 19.9 Å². The molecule has 1 aromatic carbocycles. The number of hydrogen-bond acceptors (Lipinski definition) is 9. The Kier molecular flexibility index (Phi) is 7.31. The van der Waals surface area contributed by atoms with Crippen molar-refractivity contribution in [3.05, 3.63) is 35.5 Å². The number of thiazole rings is 1. The summed E-state index contributed by atoms with van der Waals surface area (Å²) in [7, 11) is -7.21. The minimum Gasteiger partial charge on any atom is -0.302 e. The van der Waals surface area contributed by atoms with Gasteiger partial charge in [-0.2, -0.15) is 9.57 Å². The van der Waals surface area contributed by atoms with Gasteiger partial charge in [0.1, 0.15) is 0 Å². The average molecular weight is 538 g/mol. The Labute approximate surface area is 209 Å². The van der Waals surface area contributed by atoms with Crippen LogP contribution in [0, 0.1) is 18.3 Å². The number of benzene rings is 1. The van der Waals surface area contributed by atoms with E-state index >= 15 is 0 Å². The number of sulfonamides is 1. The molecule has 1 aromatic heterocycles. The smallest absolute Gasteiger partial charge is 0.254 e. The van der Waals surface area contributed by atoms with Crippen LogP contribution in [-0.2, 0) is 24.7 Å². The van der Waals surface area contributed by atoms with Crippen LogP contribution in [0.2, 0.25) is 0 Å². The van der Waals surface area contributed by atoms with Gasteiger partial charge >= 0.3 is 0 Å². The molecule has 2 aliphatic rings. The van der Waals surface area contributed by atoms with Gasteiger partial charge in [0.25, 0.3) is 10.0 Å². The summed E-state index contributed by atoms with van der Waals surface area (Å²) < 4.78 is 53.7. The average Bonchev–Trinajstić information content (AvgIpc) is 3.27. The van der Waals surface area contributed by atoms with E-state index in [1.54, 1.807) is 6.92 Å². The van der Waals surface area contributed by atoms with Crippen molar-refractivity contribution in [1.82, 2.24) is 14.2 Å². The molecule has 1 amide bonds. The van der Waals surface area contributed by atoms with E-state index in [4.69, 9.17) is 5.26 Å². The standard InChI is InChI=1S/C22H27N5O5S3/c1-15-21(33-22(24-15)25-16(2)28)35(31,32)26-13-18-6-7-19(14-26)27(18)10-3-11-34(29,30)20-8-4-17(12-23)5-9-20/h4-5,8-9,18-19H,3,6-7,10-11,13-14H2,1-2H3,(H,24,25,28). The number of nitriles is 1. The highest BCUT2D eigenvalue weighted by atomic mass is 32.2. The summed E-state index contributed by atoms with van der Waals surface area (Å²) in [6, 6.07) is 7.95. The number of aryl methyl sites for hydroxylation is 1. The maximum Gasteiger partial charge on any atom is 0.254 e. The number of aromatic nitrogens is 1. The summed E-state index contributed by atoms with van der Waals surface area (Å²) in [6.07, 6.45) is 2.16. The second-order valence-corrected chi connectivity index (χ2v) is 14.1. The van der Waals surface area contributed by atoms with Crippen LogP contribution in [0.25, 0.3) is 0 Å². The minimum absolute atomic E-state index is 0.0111. The Bertz CT molecular complexity index is 1350. The second-order valence-electron chi connectivity index (χ2n) is 8.83. The number of carbonyl (C=O) groups is 1. The van der Waals surface area contributed by atoms with Crippen LogP contribution < -0.4 is 5.32 Å². The second kappa shape index (κ2) is 9.94. The van der Waals surface area contributed by atoms with Gasteiger partial charge in [-0.25, -0.2) is 21.8 Å². The van der Waals surface area contributed by atoms with Crippen molar-refractivity contribution in [2.45, 2.75) is 54.3 Å². The van der Waals surface area contributed by atoms with Crippen molar-refractivity contribution in [3.63, 3.8) is 0 Å². The van der Waals surface area contributed by atoms with E-state index in [9.17, 15) is 21.6 Å². The SMILES string of the molecule is CC(=O)Nc1nc(C)c(S(=O)(=O)N2CC3CCC(C2)N3CCCS(=O)(=O)c2ccc(C#N)cc2)s1. The maximum atomic E-state index is 13.3. The zero-order chi connectivity index (χ0) is 25.4. The van der Waals surface area contributed by atoms with E-state index in [2.05, 4.69) is 15.2 Å². The third-order valence-corrected chi connectivity index (χ3v) is 11.7. The first-order valence-corrected chi connectivity index (χ1v) is 15.2. The van der Waals surface area contributed by atoms with Gasteiger partial charge in [-0.1, -0.05) is 11.3 Å². The third kappa shape index (κ3) is 5.41. The number of sulfone groups is 1. The molecule has 1 N–H and O–H groups in total. The van der Waals surface area contributed by atoms with E-state index in [1.165, 1.54) is 35.5 Å². The van der Waals surface area contributed by atoms with E-state index in [1.807, 2.05) is 6.07 Å². The monoisotopic (exact) mass is 537 g/mol. The highest BCUT2D eigenvalue weighted by molar-refractivity contribution is 7.91. The van der Waals surface area contributed by atoms with Crippen molar-refractivity contribution in [2.24, 2.45) is 0 Å². The quantitative estimate of drug-likeness (QED) is 0.539. The molecule has 2 saturated heterocycles. The van der Waals surface area contributed by atoms with Crippen LogP contribution >= 0.6 is 11.3 Å². The van der Waals surface area contributed by atoms with Crippen LogP contribution in [0.15, 0.2) is 33.4 Å². The van der Waals surface area contributed by atoms with Crippen molar-refractivity contribution in [2.75, 3.05) is 30.7 Å². The lowest BCUT2D eigenvalue weighted by molar-refractivity contribution is -0.114. The lowest BCUT2D eigenvalue weighted by atomic mass is 10.2. The predicted molar refractivity (Wildman–Crippen MR) is 131 cm³/mol. The Hall–Kier alpha value is -2.37. The number of nitrogens with one attached hydrogen (secondary N) is 1. The molecule has 13 heteroatoms. The minimum atomic E-state index is -3.75. The fraction of sp³-hybridized carbons (Fsp3) is 0.500. The van der Waals surface area contributed by atoms with E-state index in [0.29, 0.717) is 37.3 Å². The van der Waals surface area contributed by atoms with Gasteiger partial charge in [-0.05, 0) is 57.0 Å². The normalized spacial score (nSPS) is 21.1. The lowest BCUT2D eigenvalue weighted by Crippen LogP contribution is -2.55. The molecule has 2 fully saturated rings. The van der Waals surface area contributed by atoms with Crippen molar-refractivity contribution < 1.29 is 21.6 Å². The molecule has 0 aliphatic carbocycles. The topological polar surface area (TPSA) is 141 Å². The van der Waals surface area contributed by atoms with Crippen molar-refractivity contribution in [3.8, 4) is 6.07 Å². The summed E-state index contributed by atoms with van der Waals surface area (Å²) in [4.78, 5) is 17.9. The van der Waals surface area contributed by atoms with Gasteiger partial charge in [0, 0.05) is 32.1 Å². The number of carbonyl (C=O) groups excluding carboxylic acids is 1. The first-order valence-electron chi connectivity index (χ1n) is 11.2. The number of anilines is 1. The molecule has 35 heavy (non-hydrogen) atoms.